The quantitative estimate of drug-likeness (QED) is 0.791. The van der Waals surface area contributed by atoms with E-state index in [2.05, 4.69) is 9.97 Å². The molecule has 0 aromatic carbocycles. The number of nitrogens with zero attached hydrogens (tertiary/aromatic N) is 3. The summed E-state index contributed by atoms with van der Waals surface area (Å²) in [5.74, 6) is 2.11. The number of rotatable bonds is 4. The number of aliphatic hydroxyl groups excluding tert-OH is 1. The van der Waals surface area contributed by atoms with E-state index in [4.69, 9.17) is 16.7 Å². The van der Waals surface area contributed by atoms with Gasteiger partial charge in [0.25, 0.3) is 0 Å². The van der Waals surface area contributed by atoms with Crippen LogP contribution in [0.5, 0.6) is 0 Å². The van der Waals surface area contributed by atoms with Crippen molar-refractivity contribution in [3.05, 3.63) is 17.0 Å². The maximum atomic E-state index is 8.84. The van der Waals surface area contributed by atoms with Crippen LogP contribution >= 0.6 is 11.6 Å². The van der Waals surface area contributed by atoms with Gasteiger partial charge in [-0.2, -0.15) is 0 Å². The predicted octanol–water partition coefficient (Wildman–Crippen LogP) is 1.44. The van der Waals surface area contributed by atoms with Crippen LogP contribution in [0.1, 0.15) is 24.6 Å². The Kier molecular flexibility index (Phi) is 3.07. The lowest BCUT2D eigenvalue weighted by Crippen LogP contribution is -2.22. The lowest BCUT2D eigenvalue weighted by molar-refractivity contribution is 0.304. The van der Waals surface area contributed by atoms with Crippen molar-refractivity contribution >= 4 is 17.4 Å². The smallest absolute Gasteiger partial charge is 0.135 e. The summed E-state index contributed by atoms with van der Waals surface area (Å²) in [5, 5.41) is 9.32. The van der Waals surface area contributed by atoms with E-state index in [1.165, 1.54) is 0 Å². The van der Waals surface area contributed by atoms with E-state index in [-0.39, 0.29) is 6.61 Å². The molecule has 15 heavy (non-hydrogen) atoms. The number of anilines is 1. The molecular weight excluding hydrogens is 214 g/mol. The van der Waals surface area contributed by atoms with Crippen molar-refractivity contribution in [3.8, 4) is 0 Å². The van der Waals surface area contributed by atoms with Crippen LogP contribution in [0.3, 0.4) is 0 Å². The third-order valence-electron chi connectivity index (χ3n) is 2.47. The molecule has 1 N–H and O–H groups in total. The van der Waals surface area contributed by atoms with E-state index in [1.807, 2.05) is 11.9 Å². The molecule has 0 unspecified atom stereocenters. The van der Waals surface area contributed by atoms with Gasteiger partial charge in [0.2, 0.25) is 0 Å². The number of likely N-dealkylation sites (N-methyl/N-ethyl adjacent to an activating group) is 1. The van der Waals surface area contributed by atoms with E-state index < -0.39 is 0 Å². The van der Waals surface area contributed by atoms with Crippen LogP contribution < -0.4 is 4.90 Å². The second-order valence-electron chi connectivity index (χ2n) is 3.83. The first-order valence-electron chi connectivity index (χ1n) is 5.07. The van der Waals surface area contributed by atoms with E-state index in [0.29, 0.717) is 17.6 Å². The minimum atomic E-state index is 0.108. The molecule has 0 bridgehead atoms. The Balaban J connectivity index is 2.22. The number of hydrogen-bond donors (Lipinski definition) is 1. The molecule has 5 heteroatoms. The monoisotopic (exact) mass is 227 g/mol. The fourth-order valence-electron chi connectivity index (χ4n) is 1.41. The van der Waals surface area contributed by atoms with Gasteiger partial charge in [0, 0.05) is 25.6 Å². The molecule has 1 aromatic heterocycles. The normalized spacial score (nSPS) is 15.4. The molecule has 82 valence electrons. The van der Waals surface area contributed by atoms with E-state index in [9.17, 15) is 0 Å². The highest BCUT2D eigenvalue weighted by Gasteiger charge is 2.27. The van der Waals surface area contributed by atoms with Gasteiger partial charge in [-0.05, 0) is 12.8 Å². The number of aliphatic hydroxyl groups is 1. The highest BCUT2D eigenvalue weighted by molar-refractivity contribution is 6.29. The number of aromatic nitrogens is 2. The third-order valence-corrected chi connectivity index (χ3v) is 2.66. The summed E-state index contributed by atoms with van der Waals surface area (Å²) in [4.78, 5) is 10.5. The van der Waals surface area contributed by atoms with Gasteiger partial charge in [-0.1, -0.05) is 11.6 Å². The number of halogens is 1. The highest BCUT2D eigenvalue weighted by atomic mass is 35.5. The van der Waals surface area contributed by atoms with E-state index in [0.717, 1.165) is 24.5 Å². The van der Waals surface area contributed by atoms with Gasteiger partial charge >= 0.3 is 0 Å². The largest absolute Gasteiger partial charge is 0.395 e. The summed E-state index contributed by atoms with van der Waals surface area (Å²) in [6.07, 6.45) is 2.31. The summed E-state index contributed by atoms with van der Waals surface area (Å²) in [7, 11) is 1.88. The van der Waals surface area contributed by atoms with E-state index >= 15 is 0 Å². The van der Waals surface area contributed by atoms with Crippen molar-refractivity contribution < 1.29 is 5.11 Å². The Morgan fingerprint density at radius 1 is 1.53 bits per heavy atom. The van der Waals surface area contributed by atoms with Crippen LogP contribution in [0.4, 0.5) is 5.82 Å². The molecule has 0 saturated heterocycles. The van der Waals surface area contributed by atoms with Gasteiger partial charge in [0.05, 0.1) is 6.61 Å². The topological polar surface area (TPSA) is 49.2 Å². The summed E-state index contributed by atoms with van der Waals surface area (Å²) in [6.45, 7) is 0.661. The zero-order chi connectivity index (χ0) is 10.8. The Hall–Kier alpha value is -0.870. The predicted molar refractivity (Wildman–Crippen MR) is 59.4 cm³/mol. The van der Waals surface area contributed by atoms with Crippen LogP contribution in [0.15, 0.2) is 6.07 Å². The van der Waals surface area contributed by atoms with Crippen molar-refractivity contribution in [2.75, 3.05) is 25.1 Å². The molecule has 1 aromatic rings. The Labute approximate surface area is 93.9 Å². The molecule has 0 amide bonds. The van der Waals surface area contributed by atoms with Gasteiger partial charge in [-0.3, -0.25) is 0 Å². The van der Waals surface area contributed by atoms with Crippen LogP contribution in [0.2, 0.25) is 5.15 Å². The first kappa shape index (κ1) is 10.6. The minimum Gasteiger partial charge on any atom is -0.395 e. The average Bonchev–Trinajstić information content (AvgIpc) is 3.00. The second kappa shape index (κ2) is 4.33. The second-order valence-corrected chi connectivity index (χ2v) is 4.21. The van der Waals surface area contributed by atoms with Crippen LogP contribution in [0.25, 0.3) is 0 Å². The molecular formula is C10H14ClN3O. The summed E-state index contributed by atoms with van der Waals surface area (Å²) >= 11 is 5.93. The molecule has 4 nitrogen and oxygen atoms in total. The number of hydrogen-bond acceptors (Lipinski definition) is 4. The zero-order valence-electron chi connectivity index (χ0n) is 8.65. The SMILES string of the molecule is CN(CCO)c1cc(Cl)nc(C2CC2)n1. The summed E-state index contributed by atoms with van der Waals surface area (Å²) in [6, 6.07) is 1.73. The van der Waals surface area contributed by atoms with E-state index in [1.54, 1.807) is 6.07 Å². The zero-order valence-corrected chi connectivity index (χ0v) is 9.41. The fraction of sp³-hybridized carbons (Fsp3) is 0.600. The molecule has 1 aliphatic rings. The fourth-order valence-corrected chi connectivity index (χ4v) is 1.59. The van der Waals surface area contributed by atoms with Gasteiger partial charge in [-0.15, -0.1) is 0 Å². The summed E-state index contributed by atoms with van der Waals surface area (Å²) < 4.78 is 0. The van der Waals surface area contributed by atoms with Crippen molar-refractivity contribution in [2.24, 2.45) is 0 Å². The van der Waals surface area contributed by atoms with Crippen molar-refractivity contribution in [1.29, 1.82) is 0 Å². The molecule has 0 radical (unpaired) electrons. The molecule has 0 aliphatic heterocycles. The molecule has 1 saturated carbocycles. The van der Waals surface area contributed by atoms with Crippen molar-refractivity contribution in [3.63, 3.8) is 0 Å². The average molecular weight is 228 g/mol. The molecule has 2 rings (SSSR count). The minimum absolute atomic E-state index is 0.108. The molecule has 1 heterocycles. The van der Waals surface area contributed by atoms with Crippen LogP contribution in [-0.2, 0) is 0 Å². The molecule has 0 atom stereocenters. The standard InChI is InChI=1S/C10H14ClN3O/c1-14(4-5-15)9-6-8(11)12-10(13-9)7-2-3-7/h6-7,15H,2-5H2,1H3. The maximum absolute atomic E-state index is 8.84. The maximum Gasteiger partial charge on any atom is 0.135 e. The van der Waals surface area contributed by atoms with Crippen LogP contribution in [0, 0.1) is 0 Å². The van der Waals surface area contributed by atoms with Crippen molar-refractivity contribution in [1.82, 2.24) is 9.97 Å². The highest BCUT2D eigenvalue weighted by Crippen LogP contribution is 2.38. The lowest BCUT2D eigenvalue weighted by Gasteiger charge is -2.17. The third kappa shape index (κ3) is 2.58. The van der Waals surface area contributed by atoms with Gasteiger partial charge in [0.15, 0.2) is 0 Å². The van der Waals surface area contributed by atoms with Crippen molar-refractivity contribution in [2.45, 2.75) is 18.8 Å². The van der Waals surface area contributed by atoms with Gasteiger partial charge in [0.1, 0.15) is 16.8 Å². The Bertz CT molecular complexity index is 355. The van der Waals surface area contributed by atoms with Gasteiger partial charge in [-0.25, -0.2) is 9.97 Å². The first-order chi connectivity index (χ1) is 7.20. The molecule has 1 fully saturated rings. The molecule has 1 aliphatic carbocycles. The van der Waals surface area contributed by atoms with Crippen LogP contribution in [-0.4, -0.2) is 35.3 Å². The summed E-state index contributed by atoms with van der Waals surface area (Å²) in [5.41, 5.74) is 0. The van der Waals surface area contributed by atoms with Gasteiger partial charge < -0.3 is 10.0 Å². The molecule has 0 spiro atoms. The Morgan fingerprint density at radius 2 is 2.27 bits per heavy atom. The first-order valence-corrected chi connectivity index (χ1v) is 5.45. The lowest BCUT2D eigenvalue weighted by atomic mass is 10.4. The Morgan fingerprint density at radius 3 is 2.87 bits per heavy atom.